The van der Waals surface area contributed by atoms with Crippen LogP contribution in [0.4, 0.5) is 0 Å². The molecule has 0 saturated heterocycles. The molecule has 1 aromatic heterocycles. The predicted octanol–water partition coefficient (Wildman–Crippen LogP) is 3.15. The van der Waals surface area contributed by atoms with E-state index >= 15 is 0 Å². The van der Waals surface area contributed by atoms with Crippen molar-refractivity contribution in [2.24, 2.45) is 5.10 Å². The summed E-state index contributed by atoms with van der Waals surface area (Å²) in [5.41, 5.74) is 3.96. The van der Waals surface area contributed by atoms with E-state index < -0.39 is 0 Å². The van der Waals surface area contributed by atoms with Gasteiger partial charge in [0.1, 0.15) is 5.75 Å². The number of carbonyl (C=O) groups excluding carboxylic acids is 2. The Labute approximate surface area is 150 Å². The van der Waals surface area contributed by atoms with Crippen LogP contribution in [0.2, 0.25) is 0 Å². The molecule has 0 bridgehead atoms. The van der Waals surface area contributed by atoms with Crippen molar-refractivity contribution < 1.29 is 19.1 Å². The maximum atomic E-state index is 11.7. The van der Waals surface area contributed by atoms with Gasteiger partial charge in [-0.1, -0.05) is 6.92 Å². The number of amides is 1. The van der Waals surface area contributed by atoms with Crippen LogP contribution in [0.25, 0.3) is 0 Å². The minimum Gasteiger partial charge on any atom is -0.484 e. The average molecular weight is 360 g/mol. The van der Waals surface area contributed by atoms with Crippen molar-refractivity contribution >= 4 is 29.4 Å². The second-order valence-corrected chi connectivity index (χ2v) is 6.16. The Bertz CT molecular complexity index is 738. The van der Waals surface area contributed by atoms with Gasteiger partial charge in [0.2, 0.25) is 0 Å². The first kappa shape index (κ1) is 18.7. The average Bonchev–Trinajstić information content (AvgIpc) is 3.03. The molecule has 2 rings (SSSR count). The van der Waals surface area contributed by atoms with Gasteiger partial charge in [0.25, 0.3) is 5.91 Å². The number of aryl methyl sites for hydroxylation is 1. The van der Waals surface area contributed by atoms with Gasteiger partial charge >= 0.3 is 5.97 Å². The van der Waals surface area contributed by atoms with E-state index in [1.807, 2.05) is 25.3 Å². The van der Waals surface area contributed by atoms with Gasteiger partial charge < -0.3 is 9.47 Å². The number of hydrogen-bond acceptors (Lipinski definition) is 6. The molecule has 0 spiro atoms. The van der Waals surface area contributed by atoms with Gasteiger partial charge in [-0.3, -0.25) is 4.79 Å². The minimum absolute atomic E-state index is 0.166. The van der Waals surface area contributed by atoms with Crippen LogP contribution in [0.5, 0.6) is 5.75 Å². The molecule has 132 valence electrons. The summed E-state index contributed by atoms with van der Waals surface area (Å²) < 4.78 is 10.4. The molecule has 1 aromatic carbocycles. The fraction of sp³-hybridized carbons (Fsp3) is 0.278. The molecule has 0 atom stereocenters. The molecule has 1 amide bonds. The molecule has 0 fully saturated rings. The van der Waals surface area contributed by atoms with Gasteiger partial charge in [-0.05, 0) is 54.6 Å². The van der Waals surface area contributed by atoms with Gasteiger partial charge in [0, 0.05) is 4.88 Å². The maximum Gasteiger partial charge on any atom is 0.338 e. The number of benzene rings is 1. The number of nitrogens with one attached hydrogen (secondary N) is 1. The van der Waals surface area contributed by atoms with Crippen LogP contribution in [0.1, 0.15) is 34.1 Å². The van der Waals surface area contributed by atoms with Crippen LogP contribution in [0.15, 0.2) is 40.8 Å². The molecular weight excluding hydrogens is 340 g/mol. The molecule has 6 nitrogen and oxygen atoms in total. The first-order valence-electron chi connectivity index (χ1n) is 7.86. The van der Waals surface area contributed by atoms with Crippen molar-refractivity contribution in [1.29, 1.82) is 0 Å². The molecular formula is C18H20N2O4S. The Kier molecular flexibility index (Phi) is 7.16. The lowest BCUT2D eigenvalue weighted by Gasteiger charge is -2.06. The lowest BCUT2D eigenvalue weighted by molar-refractivity contribution is -0.123. The molecule has 2 aromatic rings. The number of carbonyl (C=O) groups is 2. The first-order valence-corrected chi connectivity index (χ1v) is 8.74. The fourth-order valence-corrected chi connectivity index (χ4v) is 2.61. The molecule has 1 heterocycles. The second kappa shape index (κ2) is 9.58. The Balaban J connectivity index is 1.77. The molecule has 0 aliphatic heterocycles. The third-order valence-electron chi connectivity index (χ3n) is 3.17. The highest BCUT2D eigenvalue weighted by atomic mass is 32.1. The quantitative estimate of drug-likeness (QED) is 0.446. The SMILES string of the molecule is CCCOC(=O)c1ccc(OCC(=O)N/N=C/c2sccc2C)cc1. The van der Waals surface area contributed by atoms with E-state index in [1.54, 1.807) is 41.8 Å². The fourth-order valence-electron chi connectivity index (χ4n) is 1.83. The Hall–Kier alpha value is -2.67. The molecule has 7 heteroatoms. The highest BCUT2D eigenvalue weighted by molar-refractivity contribution is 7.11. The summed E-state index contributed by atoms with van der Waals surface area (Å²) in [4.78, 5) is 24.4. The summed E-state index contributed by atoms with van der Waals surface area (Å²) in [6.45, 7) is 4.13. The largest absolute Gasteiger partial charge is 0.484 e. The summed E-state index contributed by atoms with van der Waals surface area (Å²) in [5.74, 6) is -0.249. The Morgan fingerprint density at radius 3 is 2.64 bits per heavy atom. The van der Waals surface area contributed by atoms with Crippen LogP contribution in [0.3, 0.4) is 0 Å². The molecule has 0 saturated carbocycles. The van der Waals surface area contributed by atoms with E-state index in [0.29, 0.717) is 17.9 Å². The Morgan fingerprint density at radius 2 is 2.00 bits per heavy atom. The maximum absolute atomic E-state index is 11.7. The van der Waals surface area contributed by atoms with E-state index in [2.05, 4.69) is 10.5 Å². The van der Waals surface area contributed by atoms with E-state index in [-0.39, 0.29) is 18.5 Å². The third-order valence-corrected chi connectivity index (χ3v) is 4.12. The van der Waals surface area contributed by atoms with Crippen LogP contribution in [-0.4, -0.2) is 31.3 Å². The number of rotatable bonds is 8. The van der Waals surface area contributed by atoms with Crippen molar-refractivity contribution in [1.82, 2.24) is 5.43 Å². The van der Waals surface area contributed by atoms with Crippen molar-refractivity contribution in [3.05, 3.63) is 51.7 Å². The summed E-state index contributed by atoms with van der Waals surface area (Å²) in [5, 5.41) is 5.86. The smallest absolute Gasteiger partial charge is 0.338 e. The Morgan fingerprint density at radius 1 is 1.24 bits per heavy atom. The van der Waals surface area contributed by atoms with Gasteiger partial charge in [0.05, 0.1) is 18.4 Å². The lowest BCUT2D eigenvalue weighted by Crippen LogP contribution is -2.24. The van der Waals surface area contributed by atoms with E-state index in [0.717, 1.165) is 16.9 Å². The zero-order valence-corrected chi connectivity index (χ0v) is 15.0. The van der Waals surface area contributed by atoms with Crippen molar-refractivity contribution in [2.75, 3.05) is 13.2 Å². The number of nitrogens with zero attached hydrogens (tertiary/aromatic N) is 1. The molecule has 1 N–H and O–H groups in total. The van der Waals surface area contributed by atoms with Gasteiger partial charge in [-0.2, -0.15) is 5.10 Å². The zero-order chi connectivity index (χ0) is 18.1. The van der Waals surface area contributed by atoms with Crippen LogP contribution in [0, 0.1) is 6.92 Å². The van der Waals surface area contributed by atoms with E-state index in [4.69, 9.17) is 9.47 Å². The van der Waals surface area contributed by atoms with Gasteiger partial charge in [0.15, 0.2) is 6.61 Å². The van der Waals surface area contributed by atoms with Crippen molar-refractivity contribution in [2.45, 2.75) is 20.3 Å². The highest BCUT2D eigenvalue weighted by Crippen LogP contribution is 2.13. The number of ether oxygens (including phenoxy) is 2. The van der Waals surface area contributed by atoms with Gasteiger partial charge in [-0.15, -0.1) is 11.3 Å². The number of esters is 1. The van der Waals surface area contributed by atoms with Crippen molar-refractivity contribution in [3.63, 3.8) is 0 Å². The monoisotopic (exact) mass is 360 g/mol. The predicted molar refractivity (Wildman–Crippen MR) is 97.3 cm³/mol. The van der Waals surface area contributed by atoms with Crippen LogP contribution in [-0.2, 0) is 9.53 Å². The normalized spacial score (nSPS) is 10.6. The second-order valence-electron chi connectivity index (χ2n) is 5.21. The molecule has 0 radical (unpaired) electrons. The van der Waals surface area contributed by atoms with E-state index in [1.165, 1.54) is 0 Å². The number of thiophene rings is 1. The third kappa shape index (κ3) is 6.04. The minimum atomic E-state index is -0.371. The van der Waals surface area contributed by atoms with Crippen molar-refractivity contribution in [3.8, 4) is 5.75 Å². The lowest BCUT2D eigenvalue weighted by atomic mass is 10.2. The van der Waals surface area contributed by atoms with Crippen LogP contribution < -0.4 is 10.2 Å². The highest BCUT2D eigenvalue weighted by Gasteiger charge is 2.07. The molecule has 0 unspecified atom stereocenters. The van der Waals surface area contributed by atoms with Gasteiger partial charge in [-0.25, -0.2) is 10.2 Å². The molecule has 25 heavy (non-hydrogen) atoms. The molecule has 0 aliphatic rings. The summed E-state index contributed by atoms with van der Waals surface area (Å²) in [7, 11) is 0. The zero-order valence-electron chi connectivity index (χ0n) is 14.2. The van der Waals surface area contributed by atoms with Crippen LogP contribution >= 0.6 is 11.3 Å². The first-order chi connectivity index (χ1) is 12.1. The standard InChI is InChI=1S/C18H20N2O4S/c1-3-9-23-18(22)14-4-6-15(7-5-14)24-12-17(21)20-19-11-16-13(2)8-10-25-16/h4-8,10-11H,3,9,12H2,1-2H3,(H,20,21)/b19-11+. The topological polar surface area (TPSA) is 77.0 Å². The molecule has 0 aliphatic carbocycles. The summed E-state index contributed by atoms with van der Waals surface area (Å²) in [6.07, 6.45) is 2.38. The summed E-state index contributed by atoms with van der Waals surface area (Å²) >= 11 is 1.55. The number of hydrazone groups is 1. The van der Waals surface area contributed by atoms with E-state index in [9.17, 15) is 9.59 Å². The number of hydrogen-bond donors (Lipinski definition) is 1. The summed E-state index contributed by atoms with van der Waals surface area (Å²) in [6, 6.07) is 8.42.